The van der Waals surface area contributed by atoms with Gasteiger partial charge in [-0.25, -0.2) is 0 Å². The summed E-state index contributed by atoms with van der Waals surface area (Å²) in [4.78, 5) is 21.6. The molecule has 0 saturated carbocycles. The molecule has 0 heterocycles. The Morgan fingerprint density at radius 2 is 1.74 bits per heavy atom. The maximum atomic E-state index is 13.0. The van der Waals surface area contributed by atoms with Crippen molar-refractivity contribution >= 4 is 11.5 Å². The van der Waals surface area contributed by atoms with Gasteiger partial charge in [0.2, 0.25) is 0 Å². The average Bonchev–Trinajstić information content (AvgIpc) is 2.58. The summed E-state index contributed by atoms with van der Waals surface area (Å²) in [5.74, 6) is -1.68. The molecule has 144 valence electrons. The monoisotopic (exact) mass is 391 g/mol. The van der Waals surface area contributed by atoms with Crippen LogP contribution in [0.2, 0.25) is 0 Å². The Hall–Kier alpha value is -3.24. The van der Waals surface area contributed by atoms with Crippen LogP contribution in [0, 0.1) is 10.1 Å². The van der Waals surface area contributed by atoms with Crippen LogP contribution in [-0.4, -0.2) is 23.9 Å². The van der Waals surface area contributed by atoms with E-state index in [0.717, 1.165) is 36.4 Å². The van der Waals surface area contributed by atoms with Gasteiger partial charge in [0.05, 0.1) is 4.92 Å². The molecule has 11 heteroatoms. The standard InChI is InChI=1S/C16H10F5NO5/c17-15(18)27-11-4-1-9(2-5-11)13(23)8-26-14-6-3-10(22(24)25)7-12(14)16(19,20)21/h1-7,15H,8H2. The zero-order valence-corrected chi connectivity index (χ0v) is 13.2. The molecule has 0 amide bonds. The maximum absolute atomic E-state index is 13.0. The van der Waals surface area contributed by atoms with Crippen LogP contribution < -0.4 is 9.47 Å². The number of alkyl halides is 5. The summed E-state index contributed by atoms with van der Waals surface area (Å²) in [6, 6.07) is 6.32. The van der Waals surface area contributed by atoms with Gasteiger partial charge in [-0.2, -0.15) is 22.0 Å². The predicted octanol–water partition coefficient (Wildman–Crippen LogP) is 4.48. The van der Waals surface area contributed by atoms with Gasteiger partial charge in [0.1, 0.15) is 17.1 Å². The molecular formula is C16H10F5NO5. The zero-order chi connectivity index (χ0) is 20.2. The van der Waals surface area contributed by atoms with E-state index in [-0.39, 0.29) is 11.3 Å². The van der Waals surface area contributed by atoms with Crippen molar-refractivity contribution in [3.05, 3.63) is 63.7 Å². The van der Waals surface area contributed by atoms with Gasteiger partial charge in [-0.3, -0.25) is 14.9 Å². The quantitative estimate of drug-likeness (QED) is 0.301. The maximum Gasteiger partial charge on any atom is 0.420 e. The summed E-state index contributed by atoms with van der Waals surface area (Å²) < 4.78 is 72.2. The van der Waals surface area contributed by atoms with Crippen LogP contribution >= 0.6 is 0 Å². The first-order valence-electron chi connectivity index (χ1n) is 7.14. The van der Waals surface area contributed by atoms with Crippen molar-refractivity contribution < 1.29 is 41.1 Å². The molecule has 0 N–H and O–H groups in total. The highest BCUT2D eigenvalue weighted by Gasteiger charge is 2.36. The molecule has 0 saturated heterocycles. The number of ether oxygens (including phenoxy) is 2. The highest BCUT2D eigenvalue weighted by molar-refractivity contribution is 5.97. The largest absolute Gasteiger partial charge is 0.485 e. The average molecular weight is 391 g/mol. The van der Waals surface area contributed by atoms with E-state index in [2.05, 4.69) is 4.74 Å². The number of nitro benzene ring substituents is 1. The smallest absolute Gasteiger partial charge is 0.420 e. The van der Waals surface area contributed by atoms with Crippen LogP contribution in [0.15, 0.2) is 42.5 Å². The Labute approximate surface area is 148 Å². The van der Waals surface area contributed by atoms with Gasteiger partial charge in [-0.15, -0.1) is 0 Å². The second-order valence-corrected chi connectivity index (χ2v) is 5.05. The second kappa shape index (κ2) is 7.98. The molecule has 0 radical (unpaired) electrons. The second-order valence-electron chi connectivity index (χ2n) is 5.05. The fourth-order valence-corrected chi connectivity index (χ4v) is 2.03. The van der Waals surface area contributed by atoms with Gasteiger partial charge < -0.3 is 9.47 Å². The predicted molar refractivity (Wildman–Crippen MR) is 81.0 cm³/mol. The minimum Gasteiger partial charge on any atom is -0.485 e. The Bertz CT molecular complexity index is 836. The first-order chi connectivity index (χ1) is 12.6. The van der Waals surface area contributed by atoms with Crippen molar-refractivity contribution in [2.45, 2.75) is 12.8 Å². The first kappa shape index (κ1) is 20.1. The Kier molecular flexibility index (Phi) is 5.93. The number of carbonyl (C=O) groups excluding carboxylic acids is 1. The molecule has 0 aromatic heterocycles. The first-order valence-corrected chi connectivity index (χ1v) is 7.14. The molecule has 6 nitrogen and oxygen atoms in total. The highest BCUT2D eigenvalue weighted by atomic mass is 19.4. The van der Waals surface area contributed by atoms with Gasteiger partial charge in [0, 0.05) is 17.7 Å². The van der Waals surface area contributed by atoms with Crippen LogP contribution in [0.3, 0.4) is 0 Å². The normalized spacial score (nSPS) is 11.3. The van der Waals surface area contributed by atoms with Gasteiger partial charge in [-0.05, 0) is 30.3 Å². The molecule has 0 atom stereocenters. The van der Waals surface area contributed by atoms with E-state index in [1.165, 1.54) is 0 Å². The van der Waals surface area contributed by atoms with E-state index in [9.17, 15) is 36.9 Å². The lowest BCUT2D eigenvalue weighted by Crippen LogP contribution is -2.15. The Morgan fingerprint density at radius 1 is 1.11 bits per heavy atom. The molecule has 0 aliphatic rings. The number of hydrogen-bond acceptors (Lipinski definition) is 5. The lowest BCUT2D eigenvalue weighted by molar-refractivity contribution is -0.385. The molecule has 0 spiro atoms. The van der Waals surface area contributed by atoms with Crippen LogP contribution in [0.25, 0.3) is 0 Å². The van der Waals surface area contributed by atoms with Crippen molar-refractivity contribution in [2.24, 2.45) is 0 Å². The van der Waals surface area contributed by atoms with E-state index in [4.69, 9.17) is 4.74 Å². The van der Waals surface area contributed by atoms with E-state index in [1.54, 1.807) is 0 Å². The van der Waals surface area contributed by atoms with Crippen molar-refractivity contribution in [3.63, 3.8) is 0 Å². The number of non-ortho nitro benzene ring substituents is 1. The van der Waals surface area contributed by atoms with Crippen molar-refractivity contribution in [3.8, 4) is 11.5 Å². The number of benzene rings is 2. The summed E-state index contributed by atoms with van der Waals surface area (Å²) in [7, 11) is 0. The Balaban J connectivity index is 2.13. The number of carbonyl (C=O) groups is 1. The molecule has 27 heavy (non-hydrogen) atoms. The summed E-state index contributed by atoms with van der Waals surface area (Å²) in [5.41, 5.74) is -2.19. The number of Topliss-reactive ketones (excluding diaryl/α,β-unsaturated/α-hetero) is 1. The highest BCUT2D eigenvalue weighted by Crippen LogP contribution is 2.38. The van der Waals surface area contributed by atoms with E-state index < -0.39 is 47.1 Å². The number of hydrogen-bond donors (Lipinski definition) is 0. The molecule has 0 unspecified atom stereocenters. The van der Waals surface area contributed by atoms with Crippen LogP contribution in [0.1, 0.15) is 15.9 Å². The zero-order valence-electron chi connectivity index (χ0n) is 13.2. The molecular weight excluding hydrogens is 381 g/mol. The number of halogens is 5. The SMILES string of the molecule is O=C(COc1ccc([N+](=O)[O-])cc1C(F)(F)F)c1ccc(OC(F)F)cc1. The Morgan fingerprint density at radius 3 is 2.26 bits per heavy atom. The number of ketones is 1. The van der Waals surface area contributed by atoms with Crippen molar-refractivity contribution in [2.75, 3.05) is 6.61 Å². The summed E-state index contributed by atoms with van der Waals surface area (Å²) in [6.45, 7) is -3.84. The van der Waals surface area contributed by atoms with Gasteiger partial charge in [0.15, 0.2) is 12.4 Å². The number of nitrogens with zero attached hydrogens (tertiary/aromatic N) is 1. The van der Waals surface area contributed by atoms with Gasteiger partial charge in [0.25, 0.3) is 5.69 Å². The number of rotatable bonds is 7. The molecule has 0 bridgehead atoms. The molecule has 0 aliphatic carbocycles. The molecule has 2 aromatic rings. The van der Waals surface area contributed by atoms with E-state index in [0.29, 0.717) is 6.07 Å². The topological polar surface area (TPSA) is 78.7 Å². The third kappa shape index (κ3) is 5.36. The summed E-state index contributed by atoms with van der Waals surface area (Å²) in [5, 5.41) is 10.6. The van der Waals surface area contributed by atoms with Gasteiger partial charge >= 0.3 is 12.8 Å². The summed E-state index contributed by atoms with van der Waals surface area (Å²) in [6.07, 6.45) is -4.93. The van der Waals surface area contributed by atoms with Crippen LogP contribution in [0.5, 0.6) is 11.5 Å². The lowest BCUT2D eigenvalue weighted by Gasteiger charge is -2.13. The van der Waals surface area contributed by atoms with Crippen molar-refractivity contribution in [1.82, 2.24) is 0 Å². The minimum absolute atomic E-state index is 0.00733. The third-order valence-electron chi connectivity index (χ3n) is 3.24. The van der Waals surface area contributed by atoms with E-state index in [1.807, 2.05) is 0 Å². The molecule has 2 aromatic carbocycles. The van der Waals surface area contributed by atoms with E-state index >= 15 is 0 Å². The molecule has 0 fully saturated rings. The molecule has 0 aliphatic heterocycles. The molecule has 2 rings (SSSR count). The lowest BCUT2D eigenvalue weighted by atomic mass is 10.1. The van der Waals surface area contributed by atoms with Gasteiger partial charge in [-0.1, -0.05) is 0 Å². The summed E-state index contributed by atoms with van der Waals surface area (Å²) >= 11 is 0. The van der Waals surface area contributed by atoms with Crippen LogP contribution in [-0.2, 0) is 6.18 Å². The minimum atomic E-state index is -4.93. The third-order valence-corrected chi connectivity index (χ3v) is 3.24. The fourth-order valence-electron chi connectivity index (χ4n) is 2.03. The fraction of sp³-hybridized carbons (Fsp3) is 0.188. The van der Waals surface area contributed by atoms with Crippen LogP contribution in [0.4, 0.5) is 27.6 Å². The number of nitro groups is 1. The van der Waals surface area contributed by atoms with Crippen molar-refractivity contribution in [1.29, 1.82) is 0 Å².